The number of hydrogen-bond donors (Lipinski definition) is 4. The molecule has 1 aromatic carbocycles. The first-order valence-electron chi connectivity index (χ1n) is 6.54. The molecule has 0 unspecified atom stereocenters. The molecule has 0 aliphatic rings. The number of aromatic amines is 1. The van der Waals surface area contributed by atoms with Gasteiger partial charge >= 0.3 is 0 Å². The molecule has 116 valence electrons. The van der Waals surface area contributed by atoms with Gasteiger partial charge in [-0.15, -0.1) is 0 Å². The third-order valence-corrected chi connectivity index (χ3v) is 2.96. The number of anilines is 1. The number of H-pyrrole nitrogens is 1. The summed E-state index contributed by atoms with van der Waals surface area (Å²) < 4.78 is 0. The molecule has 0 fully saturated rings. The van der Waals surface area contributed by atoms with Gasteiger partial charge in [-0.2, -0.15) is 0 Å². The monoisotopic (exact) mass is 322 g/mol. The van der Waals surface area contributed by atoms with Gasteiger partial charge in [0.2, 0.25) is 0 Å². The fraction of sp³-hybridized carbons (Fsp3) is 0.214. The second-order valence-corrected chi connectivity index (χ2v) is 5.09. The van der Waals surface area contributed by atoms with Crippen molar-refractivity contribution >= 4 is 29.1 Å². The number of carbonyl (C=O) groups excluding carboxylic acids is 2. The zero-order valence-corrected chi connectivity index (χ0v) is 12.5. The highest BCUT2D eigenvalue weighted by molar-refractivity contribution is 6.31. The van der Waals surface area contributed by atoms with E-state index in [1.54, 1.807) is 31.2 Å². The zero-order chi connectivity index (χ0) is 16.1. The number of imidazole rings is 1. The second-order valence-electron chi connectivity index (χ2n) is 4.65. The first-order valence-corrected chi connectivity index (χ1v) is 6.91. The fourth-order valence-corrected chi connectivity index (χ4v) is 1.92. The van der Waals surface area contributed by atoms with Crippen LogP contribution in [-0.2, 0) is 0 Å². The summed E-state index contributed by atoms with van der Waals surface area (Å²) in [5.74, 6) is -1.06. The van der Waals surface area contributed by atoms with Crippen molar-refractivity contribution < 1.29 is 14.7 Å². The lowest BCUT2D eigenvalue weighted by molar-refractivity contribution is 0.0909. The topological polar surface area (TPSA) is 107 Å². The lowest BCUT2D eigenvalue weighted by atomic mass is 10.2. The molecule has 0 bridgehead atoms. The van der Waals surface area contributed by atoms with Gasteiger partial charge < -0.3 is 20.7 Å². The maximum atomic E-state index is 12.2. The Morgan fingerprint density at radius 2 is 2.18 bits per heavy atom. The van der Waals surface area contributed by atoms with Gasteiger partial charge in [0.05, 0.1) is 12.4 Å². The Kier molecular flexibility index (Phi) is 5.13. The molecule has 2 rings (SSSR count). The van der Waals surface area contributed by atoms with E-state index in [2.05, 4.69) is 20.6 Å². The minimum absolute atomic E-state index is 0.0279. The van der Waals surface area contributed by atoms with E-state index in [1.165, 1.54) is 6.33 Å². The van der Waals surface area contributed by atoms with Crippen molar-refractivity contribution in [1.29, 1.82) is 0 Å². The third kappa shape index (κ3) is 4.06. The summed E-state index contributed by atoms with van der Waals surface area (Å²) in [6.45, 7) is 1.62. The van der Waals surface area contributed by atoms with Crippen LogP contribution in [0.2, 0.25) is 5.02 Å². The maximum Gasteiger partial charge on any atom is 0.276 e. The molecule has 2 aromatic rings. The van der Waals surface area contributed by atoms with Gasteiger partial charge in [-0.1, -0.05) is 17.7 Å². The van der Waals surface area contributed by atoms with Gasteiger partial charge in [-0.25, -0.2) is 4.98 Å². The normalized spacial score (nSPS) is 11.8. The molecule has 0 saturated carbocycles. The summed E-state index contributed by atoms with van der Waals surface area (Å²) in [5.41, 5.74) is 0.485. The van der Waals surface area contributed by atoms with E-state index in [0.29, 0.717) is 10.7 Å². The van der Waals surface area contributed by atoms with Crippen LogP contribution in [0.3, 0.4) is 0 Å². The lowest BCUT2D eigenvalue weighted by Gasteiger charge is -2.08. The summed E-state index contributed by atoms with van der Waals surface area (Å²) in [4.78, 5) is 30.6. The Labute approximate surface area is 131 Å². The molecule has 2 amide bonds. The van der Waals surface area contributed by atoms with Gasteiger partial charge in [-0.3, -0.25) is 9.59 Å². The van der Waals surface area contributed by atoms with Crippen LogP contribution in [0.25, 0.3) is 0 Å². The third-order valence-electron chi connectivity index (χ3n) is 2.72. The van der Waals surface area contributed by atoms with Crippen LogP contribution in [0.5, 0.6) is 0 Å². The van der Waals surface area contributed by atoms with Gasteiger partial charge in [0.25, 0.3) is 11.8 Å². The second kappa shape index (κ2) is 7.06. The molecule has 0 spiro atoms. The number of aromatic nitrogens is 2. The summed E-state index contributed by atoms with van der Waals surface area (Å²) in [5, 5.41) is 14.7. The Morgan fingerprint density at radius 3 is 2.86 bits per heavy atom. The first kappa shape index (κ1) is 16.0. The Hall–Kier alpha value is -2.38. The molecule has 0 aliphatic carbocycles. The molecule has 0 radical (unpaired) electrons. The van der Waals surface area contributed by atoms with Crippen molar-refractivity contribution in [3.05, 3.63) is 47.0 Å². The number of amides is 2. The molecule has 8 heteroatoms. The molecule has 1 atom stereocenters. The van der Waals surface area contributed by atoms with E-state index in [-0.39, 0.29) is 17.9 Å². The van der Waals surface area contributed by atoms with Crippen LogP contribution in [0.1, 0.15) is 27.9 Å². The standard InChI is InChI=1S/C14H15ClN4O3/c1-8(20)6-16-13(21)11-12(18-7-17-11)14(22)19-10-4-2-3-9(15)5-10/h2-5,7-8,20H,6H2,1H3,(H,16,21)(H,17,18)(H,19,22)/t8-/m1/s1. The average molecular weight is 323 g/mol. The summed E-state index contributed by atoms with van der Waals surface area (Å²) in [7, 11) is 0. The highest BCUT2D eigenvalue weighted by Gasteiger charge is 2.20. The Bertz CT molecular complexity index is 684. The number of carbonyl (C=O) groups is 2. The zero-order valence-electron chi connectivity index (χ0n) is 11.8. The molecule has 1 aromatic heterocycles. The maximum absolute atomic E-state index is 12.2. The predicted molar refractivity (Wildman–Crippen MR) is 82.0 cm³/mol. The molecule has 1 heterocycles. The number of aliphatic hydroxyl groups excluding tert-OH is 1. The predicted octanol–water partition coefficient (Wildman–Crippen LogP) is 1.43. The van der Waals surface area contributed by atoms with Crippen LogP contribution in [0.15, 0.2) is 30.6 Å². The van der Waals surface area contributed by atoms with Gasteiger partial charge in [0.15, 0.2) is 5.69 Å². The number of rotatable bonds is 5. The molecular weight excluding hydrogens is 308 g/mol. The highest BCUT2D eigenvalue weighted by atomic mass is 35.5. The van der Waals surface area contributed by atoms with Crippen molar-refractivity contribution in [1.82, 2.24) is 15.3 Å². The van der Waals surface area contributed by atoms with Crippen molar-refractivity contribution in [2.24, 2.45) is 0 Å². The van der Waals surface area contributed by atoms with E-state index < -0.39 is 17.9 Å². The van der Waals surface area contributed by atoms with E-state index in [1.807, 2.05) is 0 Å². The van der Waals surface area contributed by atoms with Crippen LogP contribution < -0.4 is 10.6 Å². The first-order chi connectivity index (χ1) is 10.5. The molecular formula is C14H15ClN4O3. The van der Waals surface area contributed by atoms with Crippen molar-refractivity contribution in [2.45, 2.75) is 13.0 Å². The number of aliphatic hydroxyl groups is 1. The van der Waals surface area contributed by atoms with E-state index in [0.717, 1.165) is 0 Å². The van der Waals surface area contributed by atoms with E-state index in [9.17, 15) is 9.59 Å². The Morgan fingerprint density at radius 1 is 1.41 bits per heavy atom. The van der Waals surface area contributed by atoms with Gasteiger partial charge in [-0.05, 0) is 25.1 Å². The number of nitrogens with one attached hydrogen (secondary N) is 3. The summed E-state index contributed by atoms with van der Waals surface area (Å²) in [6, 6.07) is 6.63. The van der Waals surface area contributed by atoms with E-state index >= 15 is 0 Å². The average Bonchev–Trinajstić information content (AvgIpc) is 2.94. The quantitative estimate of drug-likeness (QED) is 0.668. The van der Waals surface area contributed by atoms with Crippen molar-refractivity contribution in [3.63, 3.8) is 0 Å². The lowest BCUT2D eigenvalue weighted by Crippen LogP contribution is -2.32. The number of hydrogen-bond acceptors (Lipinski definition) is 4. The van der Waals surface area contributed by atoms with Crippen LogP contribution in [0.4, 0.5) is 5.69 Å². The number of halogens is 1. The minimum Gasteiger partial charge on any atom is -0.392 e. The van der Waals surface area contributed by atoms with Gasteiger partial charge in [0.1, 0.15) is 5.69 Å². The minimum atomic E-state index is -0.685. The SMILES string of the molecule is C[C@@H](O)CNC(=O)c1[nH]cnc1C(=O)Nc1cccc(Cl)c1. The van der Waals surface area contributed by atoms with E-state index in [4.69, 9.17) is 16.7 Å². The molecule has 7 nitrogen and oxygen atoms in total. The number of nitrogens with zero attached hydrogens (tertiary/aromatic N) is 1. The molecule has 0 aliphatic heterocycles. The fourth-order valence-electron chi connectivity index (χ4n) is 1.72. The van der Waals surface area contributed by atoms with Crippen LogP contribution >= 0.6 is 11.6 Å². The smallest absolute Gasteiger partial charge is 0.276 e. The van der Waals surface area contributed by atoms with Gasteiger partial charge in [0, 0.05) is 17.3 Å². The largest absolute Gasteiger partial charge is 0.392 e. The number of benzene rings is 1. The van der Waals surface area contributed by atoms with Crippen molar-refractivity contribution in [2.75, 3.05) is 11.9 Å². The van der Waals surface area contributed by atoms with Crippen LogP contribution in [-0.4, -0.2) is 39.5 Å². The van der Waals surface area contributed by atoms with Crippen LogP contribution in [0, 0.1) is 0 Å². The molecule has 22 heavy (non-hydrogen) atoms. The molecule has 4 N–H and O–H groups in total. The Balaban J connectivity index is 2.11. The highest BCUT2D eigenvalue weighted by Crippen LogP contribution is 2.16. The molecule has 0 saturated heterocycles. The van der Waals surface area contributed by atoms with Crippen molar-refractivity contribution in [3.8, 4) is 0 Å². The summed E-state index contributed by atoms with van der Waals surface area (Å²) in [6.07, 6.45) is 0.570. The summed E-state index contributed by atoms with van der Waals surface area (Å²) >= 11 is 5.84.